The van der Waals surface area contributed by atoms with Gasteiger partial charge in [-0.2, -0.15) is 0 Å². The number of piperidine rings is 1. The SMILES string of the molecule is Cc1cc(C)cc(NC(=O)[C@@H]2CCCN(Cc3c(Cl)cccc3Cl)C2)c1. The molecule has 26 heavy (non-hydrogen) atoms. The summed E-state index contributed by atoms with van der Waals surface area (Å²) in [4.78, 5) is 15.0. The van der Waals surface area contributed by atoms with Crippen molar-refractivity contribution >= 4 is 34.8 Å². The average Bonchev–Trinajstić information content (AvgIpc) is 2.57. The Morgan fingerprint density at radius 1 is 1.15 bits per heavy atom. The summed E-state index contributed by atoms with van der Waals surface area (Å²) in [5.74, 6) is 0.0655. The Morgan fingerprint density at radius 3 is 2.46 bits per heavy atom. The van der Waals surface area contributed by atoms with Crippen LogP contribution < -0.4 is 5.32 Å². The van der Waals surface area contributed by atoms with Crippen LogP contribution in [0.2, 0.25) is 10.0 Å². The molecule has 3 rings (SSSR count). The lowest BCUT2D eigenvalue weighted by atomic mass is 9.96. The molecule has 2 aromatic rings. The molecule has 2 aromatic carbocycles. The molecule has 1 N–H and O–H groups in total. The van der Waals surface area contributed by atoms with Crippen LogP contribution in [0.1, 0.15) is 29.5 Å². The molecular weight excluding hydrogens is 367 g/mol. The lowest BCUT2D eigenvalue weighted by molar-refractivity contribution is -0.121. The molecule has 3 nitrogen and oxygen atoms in total. The second kappa shape index (κ2) is 8.43. The van der Waals surface area contributed by atoms with Gasteiger partial charge in [-0.05, 0) is 68.6 Å². The van der Waals surface area contributed by atoms with Gasteiger partial charge in [0.05, 0.1) is 5.92 Å². The zero-order chi connectivity index (χ0) is 18.7. The van der Waals surface area contributed by atoms with Crippen molar-refractivity contribution < 1.29 is 4.79 Å². The Balaban J connectivity index is 1.65. The van der Waals surface area contributed by atoms with E-state index in [0.717, 1.165) is 48.3 Å². The topological polar surface area (TPSA) is 32.3 Å². The Morgan fingerprint density at radius 2 is 1.81 bits per heavy atom. The van der Waals surface area contributed by atoms with Crippen LogP contribution >= 0.6 is 23.2 Å². The number of anilines is 1. The maximum Gasteiger partial charge on any atom is 0.228 e. The largest absolute Gasteiger partial charge is 0.326 e. The van der Waals surface area contributed by atoms with Crippen molar-refractivity contribution in [3.8, 4) is 0 Å². The highest BCUT2D eigenvalue weighted by Crippen LogP contribution is 2.28. The third-order valence-electron chi connectivity index (χ3n) is 4.81. The maximum atomic E-state index is 12.7. The minimum absolute atomic E-state index is 0.0224. The molecule has 1 saturated heterocycles. The Kier molecular flexibility index (Phi) is 6.23. The second-order valence-electron chi connectivity index (χ2n) is 7.14. The molecule has 1 heterocycles. The van der Waals surface area contributed by atoms with Crippen LogP contribution in [0.4, 0.5) is 5.69 Å². The predicted molar refractivity (Wildman–Crippen MR) is 109 cm³/mol. The Hall–Kier alpha value is -1.55. The highest BCUT2D eigenvalue weighted by molar-refractivity contribution is 6.35. The summed E-state index contributed by atoms with van der Waals surface area (Å²) in [5, 5.41) is 4.44. The summed E-state index contributed by atoms with van der Waals surface area (Å²) in [5.41, 5.74) is 4.11. The summed E-state index contributed by atoms with van der Waals surface area (Å²) in [6.45, 7) is 6.43. The summed E-state index contributed by atoms with van der Waals surface area (Å²) < 4.78 is 0. The van der Waals surface area contributed by atoms with E-state index >= 15 is 0 Å². The second-order valence-corrected chi connectivity index (χ2v) is 7.95. The Labute approximate surface area is 165 Å². The number of carbonyl (C=O) groups is 1. The predicted octanol–water partition coefficient (Wildman–Crippen LogP) is 5.46. The van der Waals surface area contributed by atoms with Crippen molar-refractivity contribution in [3.63, 3.8) is 0 Å². The third-order valence-corrected chi connectivity index (χ3v) is 5.52. The number of aryl methyl sites for hydroxylation is 2. The molecule has 1 fully saturated rings. The Bertz CT molecular complexity index is 766. The van der Waals surface area contributed by atoms with Gasteiger partial charge in [-0.15, -0.1) is 0 Å². The van der Waals surface area contributed by atoms with E-state index in [1.807, 2.05) is 44.2 Å². The van der Waals surface area contributed by atoms with Gasteiger partial charge in [-0.25, -0.2) is 0 Å². The first-order chi connectivity index (χ1) is 12.4. The molecule has 5 heteroatoms. The monoisotopic (exact) mass is 390 g/mol. The molecule has 138 valence electrons. The third kappa shape index (κ3) is 4.79. The molecule has 0 aliphatic carbocycles. The minimum Gasteiger partial charge on any atom is -0.326 e. The van der Waals surface area contributed by atoms with Crippen LogP contribution in [0.15, 0.2) is 36.4 Å². The first-order valence-electron chi connectivity index (χ1n) is 8.97. The van der Waals surface area contributed by atoms with Crippen molar-refractivity contribution in [2.24, 2.45) is 5.92 Å². The first kappa shape index (κ1) is 19.2. The molecule has 0 bridgehead atoms. The smallest absolute Gasteiger partial charge is 0.228 e. The highest BCUT2D eigenvalue weighted by atomic mass is 35.5. The zero-order valence-electron chi connectivity index (χ0n) is 15.2. The van der Waals surface area contributed by atoms with Gasteiger partial charge >= 0.3 is 0 Å². The van der Waals surface area contributed by atoms with E-state index in [-0.39, 0.29) is 11.8 Å². The molecule has 1 amide bonds. The number of nitrogens with one attached hydrogen (secondary N) is 1. The molecule has 1 aliphatic heterocycles. The van der Waals surface area contributed by atoms with E-state index in [1.165, 1.54) is 0 Å². The van der Waals surface area contributed by atoms with Gasteiger partial charge in [0, 0.05) is 34.4 Å². The average molecular weight is 391 g/mol. The standard InChI is InChI=1S/C21H24Cl2N2O/c1-14-9-15(2)11-17(10-14)24-21(26)16-5-4-8-25(12-16)13-18-19(22)6-3-7-20(18)23/h3,6-7,9-11,16H,4-5,8,12-13H2,1-2H3,(H,24,26)/t16-/m1/s1. The quantitative estimate of drug-likeness (QED) is 0.751. The number of amides is 1. The summed E-state index contributed by atoms with van der Waals surface area (Å²) in [6, 6.07) is 11.7. The summed E-state index contributed by atoms with van der Waals surface area (Å²) in [7, 11) is 0. The maximum absolute atomic E-state index is 12.7. The van der Waals surface area contributed by atoms with E-state index in [0.29, 0.717) is 16.6 Å². The first-order valence-corrected chi connectivity index (χ1v) is 9.72. The fraction of sp³-hybridized carbons (Fsp3) is 0.381. The minimum atomic E-state index is -0.0224. The van der Waals surface area contributed by atoms with Gasteiger partial charge in [0.2, 0.25) is 5.91 Å². The van der Waals surface area contributed by atoms with Gasteiger partial charge in [0.25, 0.3) is 0 Å². The molecular formula is C21H24Cl2N2O. The van der Waals surface area contributed by atoms with Crippen LogP contribution in [-0.2, 0) is 11.3 Å². The number of rotatable bonds is 4. The van der Waals surface area contributed by atoms with Crippen LogP contribution in [-0.4, -0.2) is 23.9 Å². The van der Waals surface area contributed by atoms with Gasteiger partial charge in [-0.1, -0.05) is 35.3 Å². The number of halogens is 2. The zero-order valence-corrected chi connectivity index (χ0v) is 16.7. The van der Waals surface area contributed by atoms with Gasteiger partial charge in [0.15, 0.2) is 0 Å². The van der Waals surface area contributed by atoms with Gasteiger partial charge < -0.3 is 5.32 Å². The normalized spacial score (nSPS) is 17.9. The van der Waals surface area contributed by atoms with Crippen LogP contribution in [0.3, 0.4) is 0 Å². The lowest BCUT2D eigenvalue weighted by Crippen LogP contribution is -2.40. The van der Waals surface area contributed by atoms with Crippen LogP contribution in [0.5, 0.6) is 0 Å². The molecule has 1 atom stereocenters. The van der Waals surface area contributed by atoms with E-state index in [1.54, 1.807) is 0 Å². The van der Waals surface area contributed by atoms with E-state index in [9.17, 15) is 4.79 Å². The number of nitrogens with zero attached hydrogens (tertiary/aromatic N) is 1. The van der Waals surface area contributed by atoms with Crippen LogP contribution in [0.25, 0.3) is 0 Å². The number of carbonyl (C=O) groups excluding carboxylic acids is 1. The molecule has 0 spiro atoms. The molecule has 1 aliphatic rings. The molecule has 0 aromatic heterocycles. The fourth-order valence-corrected chi connectivity index (χ4v) is 4.13. The summed E-state index contributed by atoms with van der Waals surface area (Å²) in [6.07, 6.45) is 1.90. The fourth-order valence-electron chi connectivity index (χ4n) is 3.61. The number of hydrogen-bond donors (Lipinski definition) is 1. The van der Waals surface area contributed by atoms with E-state index < -0.39 is 0 Å². The van der Waals surface area contributed by atoms with Crippen LogP contribution in [0, 0.1) is 19.8 Å². The molecule has 0 saturated carbocycles. The van der Waals surface area contributed by atoms with E-state index in [4.69, 9.17) is 23.2 Å². The van der Waals surface area contributed by atoms with E-state index in [2.05, 4.69) is 16.3 Å². The number of hydrogen-bond acceptors (Lipinski definition) is 2. The molecule has 0 radical (unpaired) electrons. The highest BCUT2D eigenvalue weighted by Gasteiger charge is 2.26. The number of benzene rings is 2. The van der Waals surface area contributed by atoms with Crippen molar-refractivity contribution in [1.82, 2.24) is 4.90 Å². The molecule has 0 unspecified atom stereocenters. The van der Waals surface area contributed by atoms with Crippen molar-refractivity contribution in [2.75, 3.05) is 18.4 Å². The van der Waals surface area contributed by atoms with Crippen molar-refractivity contribution in [3.05, 3.63) is 63.1 Å². The van der Waals surface area contributed by atoms with Gasteiger partial charge in [-0.3, -0.25) is 9.69 Å². The van der Waals surface area contributed by atoms with Crippen molar-refractivity contribution in [2.45, 2.75) is 33.2 Å². The van der Waals surface area contributed by atoms with Crippen molar-refractivity contribution in [1.29, 1.82) is 0 Å². The number of likely N-dealkylation sites (tertiary alicyclic amines) is 1. The summed E-state index contributed by atoms with van der Waals surface area (Å²) >= 11 is 12.6. The lowest BCUT2D eigenvalue weighted by Gasteiger charge is -2.32. The van der Waals surface area contributed by atoms with Gasteiger partial charge in [0.1, 0.15) is 0 Å².